The Morgan fingerprint density at radius 2 is 2.10 bits per heavy atom. The first-order chi connectivity index (χ1) is 9.82. The summed E-state index contributed by atoms with van der Waals surface area (Å²) in [5.74, 6) is 0.201. The van der Waals surface area contributed by atoms with Crippen molar-refractivity contribution in [2.75, 3.05) is 13.2 Å². The molecule has 0 aliphatic rings. The molecule has 1 amide bonds. The molecule has 0 saturated heterocycles. The summed E-state index contributed by atoms with van der Waals surface area (Å²) in [7, 11) is 0. The van der Waals surface area contributed by atoms with Crippen molar-refractivity contribution in [1.82, 2.24) is 24.9 Å². The molecule has 0 aliphatic carbocycles. The van der Waals surface area contributed by atoms with E-state index in [-0.39, 0.29) is 23.8 Å². The maximum absolute atomic E-state index is 12.1. The Morgan fingerprint density at radius 1 is 1.38 bits per heavy atom. The minimum atomic E-state index is -0.330. The largest absolute Gasteiger partial charge is 0.396 e. The van der Waals surface area contributed by atoms with Gasteiger partial charge in [-0.05, 0) is 31.7 Å². The lowest BCUT2D eigenvalue weighted by molar-refractivity contribution is 0.0918. The average molecular weight is 291 g/mol. The van der Waals surface area contributed by atoms with Crippen LogP contribution in [0.5, 0.6) is 0 Å². The molecule has 0 unspecified atom stereocenters. The molecule has 2 aromatic rings. The number of hydrogen-bond donors (Lipinski definition) is 2. The van der Waals surface area contributed by atoms with Gasteiger partial charge in [0.15, 0.2) is 0 Å². The standard InChI is InChI=1S/C14H21N5O2/c1-9-7-10(2)19-13(16-9)17-11(18-19)12(21)15-8-14(3,4)5-6-20/h7,20H,5-6,8H2,1-4H3,(H,15,21). The highest BCUT2D eigenvalue weighted by molar-refractivity contribution is 5.90. The van der Waals surface area contributed by atoms with E-state index in [1.165, 1.54) is 0 Å². The van der Waals surface area contributed by atoms with Crippen molar-refractivity contribution in [2.24, 2.45) is 5.41 Å². The Morgan fingerprint density at radius 3 is 2.76 bits per heavy atom. The number of carbonyl (C=O) groups excluding carboxylic acids is 1. The van der Waals surface area contributed by atoms with Crippen LogP contribution in [-0.2, 0) is 0 Å². The van der Waals surface area contributed by atoms with Crippen LogP contribution in [0, 0.1) is 19.3 Å². The monoisotopic (exact) mass is 291 g/mol. The van der Waals surface area contributed by atoms with Crippen LogP contribution in [0.4, 0.5) is 0 Å². The Hall–Kier alpha value is -2.02. The fourth-order valence-electron chi connectivity index (χ4n) is 2.05. The van der Waals surface area contributed by atoms with Crippen LogP contribution in [0.25, 0.3) is 5.78 Å². The number of aliphatic hydroxyl groups excluding tert-OH is 1. The molecule has 0 radical (unpaired) electrons. The molecule has 21 heavy (non-hydrogen) atoms. The minimum Gasteiger partial charge on any atom is -0.396 e. The van der Waals surface area contributed by atoms with Crippen molar-refractivity contribution in [3.63, 3.8) is 0 Å². The zero-order chi connectivity index (χ0) is 15.6. The molecule has 0 spiro atoms. The number of aliphatic hydroxyl groups is 1. The van der Waals surface area contributed by atoms with Crippen molar-refractivity contribution in [2.45, 2.75) is 34.1 Å². The van der Waals surface area contributed by atoms with Crippen LogP contribution < -0.4 is 5.32 Å². The van der Waals surface area contributed by atoms with Gasteiger partial charge in [0.05, 0.1) is 0 Å². The van der Waals surface area contributed by atoms with Gasteiger partial charge in [0.25, 0.3) is 11.7 Å². The number of fused-ring (bicyclic) bond motifs is 1. The van der Waals surface area contributed by atoms with Gasteiger partial charge in [0, 0.05) is 24.5 Å². The first-order valence-electron chi connectivity index (χ1n) is 6.92. The van der Waals surface area contributed by atoms with E-state index in [9.17, 15) is 4.79 Å². The quantitative estimate of drug-likeness (QED) is 0.853. The number of nitrogens with zero attached hydrogens (tertiary/aromatic N) is 4. The van der Waals surface area contributed by atoms with Gasteiger partial charge >= 0.3 is 0 Å². The third-order valence-electron chi connectivity index (χ3n) is 3.34. The number of nitrogens with one attached hydrogen (secondary N) is 1. The summed E-state index contributed by atoms with van der Waals surface area (Å²) in [6.45, 7) is 8.28. The number of rotatable bonds is 5. The highest BCUT2D eigenvalue weighted by Crippen LogP contribution is 2.18. The second-order valence-corrected chi connectivity index (χ2v) is 6.01. The molecule has 114 valence electrons. The van der Waals surface area contributed by atoms with Crippen molar-refractivity contribution in [3.05, 3.63) is 23.3 Å². The molecule has 0 atom stereocenters. The van der Waals surface area contributed by atoms with Gasteiger partial charge < -0.3 is 10.4 Å². The fourth-order valence-corrected chi connectivity index (χ4v) is 2.05. The number of aromatic nitrogens is 4. The Balaban J connectivity index is 2.15. The summed E-state index contributed by atoms with van der Waals surface area (Å²) in [5, 5.41) is 16.0. The summed E-state index contributed by atoms with van der Waals surface area (Å²) in [6.07, 6.45) is 0.617. The second kappa shape index (κ2) is 5.77. The Labute approximate surface area is 123 Å². The molecular weight excluding hydrogens is 270 g/mol. The smallest absolute Gasteiger partial charge is 0.291 e. The molecular formula is C14H21N5O2. The summed E-state index contributed by atoms with van der Waals surface area (Å²) in [6, 6.07) is 1.88. The van der Waals surface area contributed by atoms with Gasteiger partial charge in [-0.1, -0.05) is 13.8 Å². The molecule has 2 N–H and O–H groups in total. The molecule has 0 saturated carbocycles. The van der Waals surface area contributed by atoms with Gasteiger partial charge in [0.2, 0.25) is 5.82 Å². The van der Waals surface area contributed by atoms with E-state index in [4.69, 9.17) is 5.11 Å². The molecule has 2 aromatic heterocycles. The lowest BCUT2D eigenvalue weighted by Crippen LogP contribution is -2.35. The van der Waals surface area contributed by atoms with E-state index in [1.54, 1.807) is 4.52 Å². The Bertz CT molecular complexity index is 663. The summed E-state index contributed by atoms with van der Waals surface area (Å²) in [4.78, 5) is 20.5. The topological polar surface area (TPSA) is 92.4 Å². The van der Waals surface area contributed by atoms with E-state index in [0.29, 0.717) is 18.7 Å². The van der Waals surface area contributed by atoms with Gasteiger partial charge in [0.1, 0.15) is 0 Å². The normalized spacial score (nSPS) is 11.9. The molecule has 0 bridgehead atoms. The molecule has 2 rings (SSSR count). The highest BCUT2D eigenvalue weighted by Gasteiger charge is 2.21. The van der Waals surface area contributed by atoms with Crippen LogP contribution in [0.2, 0.25) is 0 Å². The zero-order valence-electron chi connectivity index (χ0n) is 12.8. The SMILES string of the molecule is Cc1cc(C)n2nc(C(=O)NCC(C)(C)CCO)nc2n1. The van der Waals surface area contributed by atoms with Crippen LogP contribution in [-0.4, -0.2) is 43.7 Å². The first-order valence-corrected chi connectivity index (χ1v) is 6.92. The maximum Gasteiger partial charge on any atom is 0.291 e. The highest BCUT2D eigenvalue weighted by atomic mass is 16.3. The molecule has 7 heteroatoms. The second-order valence-electron chi connectivity index (χ2n) is 6.01. The predicted octanol–water partition coefficient (Wildman–Crippen LogP) is 0.880. The third-order valence-corrected chi connectivity index (χ3v) is 3.34. The number of aryl methyl sites for hydroxylation is 2. The molecule has 0 aliphatic heterocycles. The first kappa shape index (κ1) is 15.4. The van der Waals surface area contributed by atoms with E-state index in [1.807, 2.05) is 33.8 Å². The molecule has 7 nitrogen and oxygen atoms in total. The maximum atomic E-state index is 12.1. The zero-order valence-corrected chi connectivity index (χ0v) is 12.8. The number of hydrogen-bond acceptors (Lipinski definition) is 5. The van der Waals surface area contributed by atoms with Crippen molar-refractivity contribution in [1.29, 1.82) is 0 Å². The summed E-state index contributed by atoms with van der Waals surface area (Å²) >= 11 is 0. The lowest BCUT2D eigenvalue weighted by atomic mass is 9.90. The van der Waals surface area contributed by atoms with Gasteiger partial charge in [-0.2, -0.15) is 4.98 Å². The molecule has 0 aromatic carbocycles. The number of carbonyl (C=O) groups is 1. The van der Waals surface area contributed by atoms with Gasteiger partial charge in [-0.25, -0.2) is 9.50 Å². The van der Waals surface area contributed by atoms with Gasteiger partial charge in [-0.15, -0.1) is 5.10 Å². The van der Waals surface area contributed by atoms with E-state index in [0.717, 1.165) is 11.4 Å². The van der Waals surface area contributed by atoms with Gasteiger partial charge in [-0.3, -0.25) is 4.79 Å². The number of amides is 1. The van der Waals surface area contributed by atoms with Crippen LogP contribution in [0.3, 0.4) is 0 Å². The van der Waals surface area contributed by atoms with E-state index >= 15 is 0 Å². The molecule has 2 heterocycles. The van der Waals surface area contributed by atoms with Crippen molar-refractivity contribution in [3.8, 4) is 0 Å². The molecule has 0 fully saturated rings. The summed E-state index contributed by atoms with van der Waals surface area (Å²) < 4.78 is 1.56. The fraction of sp³-hybridized carbons (Fsp3) is 0.571. The predicted molar refractivity (Wildman–Crippen MR) is 78.1 cm³/mol. The summed E-state index contributed by atoms with van der Waals surface area (Å²) in [5.41, 5.74) is 1.54. The lowest BCUT2D eigenvalue weighted by Gasteiger charge is -2.23. The minimum absolute atomic E-state index is 0.0951. The van der Waals surface area contributed by atoms with Crippen molar-refractivity contribution >= 4 is 11.7 Å². The van der Waals surface area contributed by atoms with E-state index in [2.05, 4.69) is 20.4 Å². The van der Waals surface area contributed by atoms with Crippen molar-refractivity contribution < 1.29 is 9.90 Å². The average Bonchev–Trinajstić information content (AvgIpc) is 2.80. The van der Waals surface area contributed by atoms with E-state index < -0.39 is 0 Å². The Kier molecular flexibility index (Phi) is 4.22. The van der Waals surface area contributed by atoms with Crippen LogP contribution in [0.1, 0.15) is 42.3 Å². The van der Waals surface area contributed by atoms with Crippen LogP contribution in [0.15, 0.2) is 6.07 Å². The van der Waals surface area contributed by atoms with Crippen LogP contribution >= 0.6 is 0 Å². The third kappa shape index (κ3) is 3.55.